The lowest BCUT2D eigenvalue weighted by Gasteiger charge is -1.87. The predicted octanol–water partition coefficient (Wildman–Crippen LogP) is 5.29. The van der Waals surface area contributed by atoms with Crippen molar-refractivity contribution in [2.45, 2.75) is 27.7 Å². The van der Waals surface area contributed by atoms with E-state index in [1.54, 1.807) is 18.2 Å². The third-order valence-electron chi connectivity index (χ3n) is 1.99. The Labute approximate surface area is 108 Å². The van der Waals surface area contributed by atoms with E-state index in [1.807, 2.05) is 33.8 Å². The molecular weight excluding hydrogens is 230 g/mol. The molecule has 0 saturated carbocycles. The van der Waals surface area contributed by atoms with Gasteiger partial charge in [-0.15, -0.1) is 0 Å². The van der Waals surface area contributed by atoms with Gasteiger partial charge in [0.15, 0.2) is 0 Å². The van der Waals surface area contributed by atoms with Crippen LogP contribution in [0, 0.1) is 25.5 Å². The van der Waals surface area contributed by atoms with Crippen molar-refractivity contribution in [1.82, 2.24) is 0 Å². The molecular formula is C16H20F2. The van der Waals surface area contributed by atoms with E-state index in [-0.39, 0.29) is 11.6 Å². The van der Waals surface area contributed by atoms with Crippen LogP contribution in [0.2, 0.25) is 0 Å². The third kappa shape index (κ3) is 7.55. The molecule has 0 atom stereocenters. The Bertz CT molecular complexity index is 395. The molecule has 0 amide bonds. The van der Waals surface area contributed by atoms with Crippen molar-refractivity contribution in [2.75, 3.05) is 0 Å². The van der Waals surface area contributed by atoms with Gasteiger partial charge in [-0.25, -0.2) is 8.78 Å². The van der Waals surface area contributed by atoms with Crippen molar-refractivity contribution in [3.05, 3.63) is 71.3 Å². The molecule has 0 aliphatic carbocycles. The first kappa shape index (κ1) is 16.3. The highest BCUT2D eigenvalue weighted by atomic mass is 19.1. The lowest BCUT2D eigenvalue weighted by Crippen LogP contribution is -1.72. The molecule has 98 valence electrons. The lowest BCUT2D eigenvalue weighted by molar-refractivity contribution is 0.626. The summed E-state index contributed by atoms with van der Waals surface area (Å²) in [6.07, 6.45) is 0. The molecule has 0 radical (unpaired) electrons. The highest BCUT2D eigenvalue weighted by molar-refractivity contribution is 5.14. The summed E-state index contributed by atoms with van der Waals surface area (Å²) in [6, 6.07) is 12.9. The molecule has 0 unspecified atom stereocenters. The fourth-order valence-electron chi connectivity index (χ4n) is 1.14. The van der Waals surface area contributed by atoms with E-state index in [0.29, 0.717) is 0 Å². The fraction of sp³-hybridized carbons (Fsp3) is 0.250. The molecule has 0 aromatic heterocycles. The summed E-state index contributed by atoms with van der Waals surface area (Å²) in [7, 11) is 0. The summed E-state index contributed by atoms with van der Waals surface area (Å²) in [6.45, 7) is 7.79. The molecule has 0 spiro atoms. The van der Waals surface area contributed by atoms with Crippen LogP contribution in [0.4, 0.5) is 8.78 Å². The number of hydrogen-bond acceptors (Lipinski definition) is 0. The molecule has 0 heterocycles. The number of hydrogen-bond donors (Lipinski definition) is 0. The number of halogens is 2. The Morgan fingerprint density at radius 1 is 0.667 bits per heavy atom. The topological polar surface area (TPSA) is 0 Å². The molecule has 0 aliphatic heterocycles. The summed E-state index contributed by atoms with van der Waals surface area (Å²) in [5.74, 6) is -0.333. The molecule has 0 fully saturated rings. The van der Waals surface area contributed by atoms with Crippen LogP contribution in [0.3, 0.4) is 0 Å². The fourth-order valence-corrected chi connectivity index (χ4v) is 1.14. The maximum Gasteiger partial charge on any atom is 0.123 e. The van der Waals surface area contributed by atoms with Gasteiger partial charge in [0.25, 0.3) is 0 Å². The molecule has 2 rings (SSSR count). The maximum absolute atomic E-state index is 12.2. The minimum Gasteiger partial charge on any atom is -0.207 e. The van der Waals surface area contributed by atoms with E-state index < -0.39 is 0 Å². The normalized spacial score (nSPS) is 8.56. The molecule has 2 aromatic rings. The van der Waals surface area contributed by atoms with E-state index >= 15 is 0 Å². The van der Waals surface area contributed by atoms with E-state index in [1.165, 1.54) is 24.3 Å². The highest BCUT2D eigenvalue weighted by Gasteiger charge is 1.85. The van der Waals surface area contributed by atoms with Crippen LogP contribution in [-0.2, 0) is 0 Å². The zero-order valence-corrected chi connectivity index (χ0v) is 11.4. The van der Waals surface area contributed by atoms with Crippen LogP contribution >= 0.6 is 0 Å². The SMILES string of the molecule is CC.Cc1ccc(F)cc1.Cc1cccc(F)c1. The first-order valence-corrected chi connectivity index (χ1v) is 6.02. The van der Waals surface area contributed by atoms with Gasteiger partial charge in [-0.3, -0.25) is 0 Å². The summed E-state index contributed by atoms with van der Waals surface area (Å²) in [4.78, 5) is 0. The second-order valence-electron chi connectivity index (χ2n) is 3.59. The zero-order chi connectivity index (χ0) is 14.0. The molecule has 2 aromatic carbocycles. The van der Waals surface area contributed by atoms with Gasteiger partial charge in [0.1, 0.15) is 11.6 Å². The Morgan fingerprint density at radius 3 is 1.56 bits per heavy atom. The average molecular weight is 250 g/mol. The Morgan fingerprint density at radius 2 is 1.22 bits per heavy atom. The number of benzene rings is 2. The Kier molecular flexibility index (Phi) is 8.46. The average Bonchev–Trinajstić information content (AvgIpc) is 2.36. The van der Waals surface area contributed by atoms with E-state index in [0.717, 1.165) is 11.1 Å². The van der Waals surface area contributed by atoms with Crippen molar-refractivity contribution < 1.29 is 8.78 Å². The standard InChI is InChI=1S/2C7H7F.C2H6/c1-6-2-4-7(8)5-3-6;1-6-3-2-4-7(8)5-6;1-2/h2*2-5H,1H3;1-2H3. The van der Waals surface area contributed by atoms with Crippen molar-refractivity contribution in [3.8, 4) is 0 Å². The Balaban J connectivity index is 0.000000283. The molecule has 18 heavy (non-hydrogen) atoms. The quantitative estimate of drug-likeness (QED) is 0.595. The van der Waals surface area contributed by atoms with Crippen LogP contribution in [0.15, 0.2) is 48.5 Å². The van der Waals surface area contributed by atoms with Crippen LogP contribution < -0.4 is 0 Å². The number of aryl methyl sites for hydroxylation is 2. The predicted molar refractivity (Wildman–Crippen MR) is 73.6 cm³/mol. The lowest BCUT2D eigenvalue weighted by atomic mass is 10.2. The van der Waals surface area contributed by atoms with Gasteiger partial charge >= 0.3 is 0 Å². The first-order chi connectivity index (χ1) is 8.58. The van der Waals surface area contributed by atoms with E-state index in [2.05, 4.69) is 0 Å². The third-order valence-corrected chi connectivity index (χ3v) is 1.99. The molecule has 0 nitrogen and oxygen atoms in total. The van der Waals surface area contributed by atoms with Crippen LogP contribution in [0.1, 0.15) is 25.0 Å². The van der Waals surface area contributed by atoms with Crippen molar-refractivity contribution in [1.29, 1.82) is 0 Å². The largest absolute Gasteiger partial charge is 0.207 e. The summed E-state index contributed by atoms with van der Waals surface area (Å²) < 4.78 is 24.3. The second kappa shape index (κ2) is 9.34. The maximum atomic E-state index is 12.2. The van der Waals surface area contributed by atoms with E-state index in [9.17, 15) is 8.78 Å². The van der Waals surface area contributed by atoms with Gasteiger partial charge in [0, 0.05) is 0 Å². The monoisotopic (exact) mass is 250 g/mol. The van der Waals surface area contributed by atoms with Gasteiger partial charge in [0.05, 0.1) is 0 Å². The van der Waals surface area contributed by atoms with Crippen molar-refractivity contribution in [3.63, 3.8) is 0 Å². The van der Waals surface area contributed by atoms with Gasteiger partial charge in [-0.05, 0) is 43.7 Å². The van der Waals surface area contributed by atoms with Crippen LogP contribution in [-0.4, -0.2) is 0 Å². The summed E-state index contributed by atoms with van der Waals surface area (Å²) in [5, 5.41) is 0. The van der Waals surface area contributed by atoms with Crippen LogP contribution in [0.25, 0.3) is 0 Å². The number of rotatable bonds is 0. The summed E-state index contributed by atoms with van der Waals surface area (Å²) in [5.41, 5.74) is 2.05. The van der Waals surface area contributed by atoms with Crippen molar-refractivity contribution >= 4 is 0 Å². The zero-order valence-electron chi connectivity index (χ0n) is 11.4. The van der Waals surface area contributed by atoms with Crippen LogP contribution in [0.5, 0.6) is 0 Å². The minimum atomic E-state index is -0.171. The molecule has 0 N–H and O–H groups in total. The van der Waals surface area contributed by atoms with Crippen molar-refractivity contribution in [2.24, 2.45) is 0 Å². The molecule has 0 saturated heterocycles. The van der Waals surface area contributed by atoms with Gasteiger partial charge in [-0.1, -0.05) is 43.7 Å². The molecule has 0 aliphatic rings. The van der Waals surface area contributed by atoms with Gasteiger partial charge in [-0.2, -0.15) is 0 Å². The summed E-state index contributed by atoms with van der Waals surface area (Å²) >= 11 is 0. The molecule has 2 heteroatoms. The smallest absolute Gasteiger partial charge is 0.123 e. The highest BCUT2D eigenvalue weighted by Crippen LogP contribution is 2.00. The second-order valence-corrected chi connectivity index (χ2v) is 3.59. The Hall–Kier alpha value is -1.70. The van der Waals surface area contributed by atoms with Gasteiger partial charge in [0.2, 0.25) is 0 Å². The first-order valence-electron chi connectivity index (χ1n) is 6.02. The molecule has 0 bridgehead atoms. The van der Waals surface area contributed by atoms with E-state index in [4.69, 9.17) is 0 Å². The minimum absolute atomic E-state index is 0.162. The van der Waals surface area contributed by atoms with Gasteiger partial charge < -0.3 is 0 Å².